The van der Waals surface area contributed by atoms with Crippen LogP contribution < -0.4 is 46.8 Å². The Hall–Kier alpha value is -0.930. The van der Waals surface area contributed by atoms with Crippen LogP contribution in [0, 0.1) is 0 Å². The molecule has 0 atom stereocenters. The van der Waals surface area contributed by atoms with Crippen LogP contribution in [0.15, 0.2) is 0 Å². The Morgan fingerprint density at radius 1 is 1.07 bits per heavy atom. The fourth-order valence-electron chi connectivity index (χ4n) is 0. The highest BCUT2D eigenvalue weighted by molar-refractivity contribution is 5.66. The van der Waals surface area contributed by atoms with Gasteiger partial charge >= 0.3 is 0 Å². The van der Waals surface area contributed by atoms with Crippen LogP contribution in [0.2, 0.25) is 0 Å². The van der Waals surface area contributed by atoms with Crippen molar-refractivity contribution in [3.05, 3.63) is 0 Å². The van der Waals surface area contributed by atoms with Gasteiger partial charge in [0.25, 0.3) is 0 Å². The highest BCUT2D eigenvalue weighted by Crippen LogP contribution is 1.61. The minimum Gasteiger partial charge on any atom is -1.00 e. The van der Waals surface area contributed by atoms with Gasteiger partial charge in [0.2, 0.25) is 0 Å². The number of quaternary nitrogens is 3. The molecule has 92 valence electrons. The van der Waals surface area contributed by atoms with Crippen LogP contribution >= 0.6 is 0 Å². The largest absolute Gasteiger partial charge is 1.00 e. The minimum atomic E-state index is -1.22. The van der Waals surface area contributed by atoms with E-state index in [9.17, 15) is 9.90 Å². The first-order valence-electron chi connectivity index (χ1n) is 2.64. The third kappa shape index (κ3) is 119. The van der Waals surface area contributed by atoms with E-state index in [1.54, 1.807) is 0 Å². The van der Waals surface area contributed by atoms with E-state index in [1.165, 1.54) is 6.92 Å². The van der Waals surface area contributed by atoms with Gasteiger partial charge < -0.3 is 56.4 Å². The van der Waals surface area contributed by atoms with E-state index in [4.69, 9.17) is 9.90 Å². The fraction of sp³-hybridized carbons (Fsp3) is 0.600. The average molecular weight is 237 g/mol. The summed E-state index contributed by atoms with van der Waals surface area (Å²) in [6.45, 7) is 1.15. The molecule has 0 radical (unpaired) electrons. The second-order valence-corrected chi connectivity index (χ2v) is 1.30. The van der Waals surface area contributed by atoms with Crippen LogP contribution in [0.3, 0.4) is 0 Å². The van der Waals surface area contributed by atoms with E-state index < -0.39 is 11.9 Å². The molecule has 0 aromatic heterocycles. The molecule has 0 amide bonds. The number of carbonyl (C=O) groups excluding carboxylic acids is 2. The number of carboxylic acid groups (broad SMARTS) is 2. The number of carboxylic acids is 2. The van der Waals surface area contributed by atoms with Crippen molar-refractivity contribution in [2.24, 2.45) is 5.73 Å². The lowest BCUT2D eigenvalue weighted by Gasteiger charge is -1.87. The molecule has 0 unspecified atom stereocenters. The third-order valence-corrected chi connectivity index (χ3v) is 0.455. The second-order valence-electron chi connectivity index (χ2n) is 1.30. The number of carbonyl (C=O) groups is 2. The molecule has 14 N–H and O–H groups in total. The van der Waals surface area contributed by atoms with Crippen molar-refractivity contribution >= 4 is 11.9 Å². The maximum Gasteiger partial charge on any atom is 0.0550 e. The Morgan fingerprint density at radius 3 is 1.21 bits per heavy atom. The van der Waals surface area contributed by atoms with E-state index in [1.807, 2.05) is 0 Å². The van der Waals surface area contributed by atoms with Gasteiger partial charge in [-0.1, -0.05) is 6.92 Å². The van der Waals surface area contributed by atoms with Crippen LogP contribution in [0.25, 0.3) is 0 Å². The van der Waals surface area contributed by atoms with Gasteiger partial charge in [0.15, 0.2) is 0 Å². The first-order chi connectivity index (χ1) is 4.54. The summed E-state index contributed by atoms with van der Waals surface area (Å²) in [5.41, 5.74) is 4.51. The van der Waals surface area contributed by atoms with E-state index in [2.05, 4.69) is 5.73 Å². The predicted octanol–water partition coefficient (Wildman–Crippen LogP) is -5.03. The first kappa shape index (κ1) is 38.1. The molecule has 0 aromatic carbocycles. The summed E-state index contributed by atoms with van der Waals surface area (Å²) in [4.78, 5) is 18.4. The number of halogens is 1. The third-order valence-electron chi connectivity index (χ3n) is 0.455. The molecule has 8 nitrogen and oxygen atoms in total. The fourth-order valence-corrected chi connectivity index (χ4v) is 0. The lowest BCUT2D eigenvalue weighted by Crippen LogP contribution is -3.00. The molecule has 9 heteroatoms. The quantitative estimate of drug-likeness (QED) is 0.369. The zero-order valence-corrected chi connectivity index (χ0v) is 9.76. The molecule has 0 aromatic rings. The van der Waals surface area contributed by atoms with Crippen molar-refractivity contribution in [3.63, 3.8) is 0 Å². The molecular formula is C5H21ClN4O4. The summed E-state index contributed by atoms with van der Waals surface area (Å²) in [7, 11) is 0. The van der Waals surface area contributed by atoms with Crippen molar-refractivity contribution in [3.8, 4) is 0 Å². The summed E-state index contributed by atoms with van der Waals surface area (Å²) in [5.74, 6) is -2.21. The second kappa shape index (κ2) is 29.6. The van der Waals surface area contributed by atoms with Gasteiger partial charge in [-0.2, -0.15) is 0 Å². The molecule has 0 fully saturated rings. The topological polar surface area (TPSA) is 216 Å². The number of aliphatic carboxylic acids is 2. The van der Waals surface area contributed by atoms with E-state index >= 15 is 0 Å². The van der Waals surface area contributed by atoms with Crippen molar-refractivity contribution in [1.82, 2.24) is 18.5 Å². The van der Waals surface area contributed by atoms with Gasteiger partial charge in [-0.05, 0) is 6.42 Å². The van der Waals surface area contributed by atoms with E-state index in [0.717, 1.165) is 0 Å². The van der Waals surface area contributed by atoms with Crippen molar-refractivity contribution in [2.45, 2.75) is 13.3 Å². The standard InChI is InChI=1S/C3H6O2.C2H5NO2.ClH.3H3N/c1-2-3(4)5;3-1-2(4)5;;;;/h2H2,1H3,(H,4,5);1,3H2,(H,4,5);1H;3*1H3. The van der Waals surface area contributed by atoms with Gasteiger partial charge in [0, 0.05) is 12.5 Å². The van der Waals surface area contributed by atoms with Gasteiger partial charge in [-0.15, -0.1) is 0 Å². The van der Waals surface area contributed by atoms with Gasteiger partial charge in [0.1, 0.15) is 0 Å². The molecule has 0 heterocycles. The van der Waals surface area contributed by atoms with Crippen LogP contribution in [0.4, 0.5) is 0 Å². The molecule has 0 aliphatic heterocycles. The van der Waals surface area contributed by atoms with Crippen molar-refractivity contribution in [1.29, 1.82) is 0 Å². The molecule has 0 aliphatic rings. The number of rotatable bonds is 2. The van der Waals surface area contributed by atoms with E-state index in [-0.39, 0.29) is 43.8 Å². The van der Waals surface area contributed by atoms with Crippen LogP contribution in [0.1, 0.15) is 13.3 Å². The zero-order valence-electron chi connectivity index (χ0n) is 9.00. The highest BCUT2D eigenvalue weighted by atomic mass is 35.5. The number of nitrogens with two attached hydrogens (primary N) is 1. The van der Waals surface area contributed by atoms with Crippen LogP contribution in [-0.4, -0.2) is 18.5 Å². The Balaban J connectivity index is -0.0000000178. The molecule has 0 saturated heterocycles. The van der Waals surface area contributed by atoms with Crippen LogP contribution in [-0.2, 0) is 9.59 Å². The molecule has 0 rings (SSSR count). The molecule has 0 saturated carbocycles. The smallest absolute Gasteiger partial charge is 0.0550 e. The summed E-state index contributed by atoms with van der Waals surface area (Å²) in [5, 5.41) is 18.4. The highest BCUT2D eigenvalue weighted by Gasteiger charge is 1.65. The predicted molar refractivity (Wildman–Crippen MR) is 47.3 cm³/mol. The monoisotopic (exact) mass is 236 g/mol. The van der Waals surface area contributed by atoms with E-state index in [0.29, 0.717) is 0 Å². The van der Waals surface area contributed by atoms with Gasteiger partial charge in [-0.3, -0.25) is 0 Å². The summed E-state index contributed by atoms with van der Waals surface area (Å²) in [6.07, 6.45) is 0.111. The first-order valence-corrected chi connectivity index (χ1v) is 2.64. The normalized spacial score (nSPS) is 5.29. The SMILES string of the molecule is CCC(=O)[O-].NCC(=O)[O-].[Cl-].[NH4+].[NH4+].[NH4+]. The van der Waals surface area contributed by atoms with Crippen molar-refractivity contribution in [2.75, 3.05) is 6.54 Å². The summed E-state index contributed by atoms with van der Waals surface area (Å²) < 4.78 is 0. The summed E-state index contributed by atoms with van der Waals surface area (Å²) in [6, 6.07) is 0. The molecule has 0 bridgehead atoms. The Labute approximate surface area is 89.0 Å². The minimum absolute atomic E-state index is 0. The Morgan fingerprint density at radius 2 is 1.21 bits per heavy atom. The Bertz CT molecular complexity index is 110. The Kier molecular flexibility index (Phi) is 80.5. The van der Waals surface area contributed by atoms with Gasteiger partial charge in [0.05, 0.1) is 5.97 Å². The maximum atomic E-state index is 9.26. The lowest BCUT2D eigenvalue weighted by atomic mass is 10.5. The average Bonchev–Trinajstić information content (AvgIpc) is 1.89. The maximum absolute atomic E-state index is 9.26. The number of hydrogen-bond acceptors (Lipinski definition) is 5. The molecule has 0 aliphatic carbocycles. The van der Waals surface area contributed by atoms with Gasteiger partial charge in [-0.25, -0.2) is 0 Å². The number of hydrogen-bond donors (Lipinski definition) is 4. The van der Waals surface area contributed by atoms with Crippen molar-refractivity contribution < 1.29 is 32.2 Å². The molecule has 14 heavy (non-hydrogen) atoms. The summed E-state index contributed by atoms with van der Waals surface area (Å²) >= 11 is 0. The zero-order chi connectivity index (χ0) is 8.57. The molecular weight excluding hydrogens is 216 g/mol. The molecule has 0 spiro atoms. The van der Waals surface area contributed by atoms with Crippen LogP contribution in [0.5, 0.6) is 0 Å². The lowest BCUT2D eigenvalue weighted by molar-refractivity contribution is -0.305.